The molecule has 0 saturated heterocycles. The molecule has 5 heteroatoms. The molecular weight excluding hydrogens is 266 g/mol. The normalized spacial score (nSPS) is 12.3. The van der Waals surface area contributed by atoms with Crippen molar-refractivity contribution in [1.82, 2.24) is 9.97 Å². The van der Waals surface area contributed by atoms with Crippen molar-refractivity contribution >= 4 is 12.2 Å². The lowest BCUT2D eigenvalue weighted by Gasteiger charge is -2.11. The predicted octanol–water partition coefficient (Wildman–Crippen LogP) is 2.45. The van der Waals surface area contributed by atoms with E-state index in [0.29, 0.717) is 6.54 Å². The van der Waals surface area contributed by atoms with Crippen LogP contribution in [0.3, 0.4) is 0 Å². The van der Waals surface area contributed by atoms with Crippen molar-refractivity contribution in [1.29, 1.82) is 0 Å². The van der Waals surface area contributed by atoms with E-state index in [1.165, 1.54) is 6.92 Å². The lowest BCUT2D eigenvalue weighted by atomic mass is 9.97. The monoisotopic (exact) mass is 281 g/mol. The van der Waals surface area contributed by atoms with Gasteiger partial charge >= 0.3 is 5.97 Å². The number of ether oxygens (including phenoxy) is 1. The molecule has 1 aliphatic rings. The molecule has 0 saturated carbocycles. The Labute approximate surface area is 122 Å². The number of fused-ring (bicyclic) bond motifs is 1. The standard InChI is InChI=1S/C16H15N3O2/c1-10-18-6-15(7-19-10)12-3-13-5-17-8-16(13)14(4-12)9-21-11(2)20/h3-7H,8-9H2,1-2H3. The lowest BCUT2D eigenvalue weighted by Crippen LogP contribution is -2.03. The molecule has 2 heterocycles. The van der Waals surface area contributed by atoms with Crippen LogP contribution in [-0.4, -0.2) is 22.2 Å². The third-order valence-electron chi connectivity index (χ3n) is 3.40. The SMILES string of the molecule is CC(=O)OCc1cc(-c2cnc(C)nc2)cc2c1CN=C2. The van der Waals surface area contributed by atoms with Gasteiger partial charge < -0.3 is 4.74 Å². The zero-order valence-electron chi connectivity index (χ0n) is 12.0. The lowest BCUT2D eigenvalue weighted by molar-refractivity contribution is -0.142. The zero-order chi connectivity index (χ0) is 14.8. The average molecular weight is 281 g/mol. The number of nitrogens with zero attached hydrogens (tertiary/aromatic N) is 3. The summed E-state index contributed by atoms with van der Waals surface area (Å²) in [4.78, 5) is 23.8. The molecule has 106 valence electrons. The highest BCUT2D eigenvalue weighted by molar-refractivity contribution is 5.87. The molecule has 5 nitrogen and oxygen atoms in total. The van der Waals surface area contributed by atoms with E-state index in [9.17, 15) is 4.79 Å². The van der Waals surface area contributed by atoms with E-state index in [0.717, 1.165) is 33.6 Å². The van der Waals surface area contributed by atoms with E-state index in [-0.39, 0.29) is 12.6 Å². The summed E-state index contributed by atoms with van der Waals surface area (Å²) in [6.45, 7) is 4.16. The van der Waals surface area contributed by atoms with Gasteiger partial charge in [-0.1, -0.05) is 0 Å². The Kier molecular flexibility index (Phi) is 3.48. The maximum absolute atomic E-state index is 11.0. The highest BCUT2D eigenvalue weighted by Gasteiger charge is 2.15. The number of aromatic nitrogens is 2. The fourth-order valence-corrected chi connectivity index (χ4v) is 2.32. The van der Waals surface area contributed by atoms with Crippen LogP contribution in [0.4, 0.5) is 0 Å². The minimum absolute atomic E-state index is 0.265. The van der Waals surface area contributed by atoms with E-state index in [4.69, 9.17) is 4.74 Å². The van der Waals surface area contributed by atoms with Crippen LogP contribution in [0.2, 0.25) is 0 Å². The molecule has 0 N–H and O–H groups in total. The molecule has 3 rings (SSSR count). The Bertz CT molecular complexity index is 721. The third kappa shape index (κ3) is 2.81. The number of carbonyl (C=O) groups excluding carboxylic acids is 1. The Hall–Kier alpha value is -2.56. The van der Waals surface area contributed by atoms with Crippen molar-refractivity contribution in [3.63, 3.8) is 0 Å². The first kappa shape index (κ1) is 13.4. The van der Waals surface area contributed by atoms with E-state index in [1.807, 2.05) is 19.2 Å². The molecule has 0 unspecified atom stereocenters. The van der Waals surface area contributed by atoms with Gasteiger partial charge in [0.2, 0.25) is 0 Å². The van der Waals surface area contributed by atoms with E-state index >= 15 is 0 Å². The maximum Gasteiger partial charge on any atom is 0.302 e. The van der Waals surface area contributed by atoms with Gasteiger partial charge in [0.15, 0.2) is 0 Å². The molecule has 0 spiro atoms. The number of hydrogen-bond donors (Lipinski definition) is 0. The molecule has 1 aliphatic heterocycles. The quantitative estimate of drug-likeness (QED) is 0.811. The van der Waals surface area contributed by atoms with Crippen molar-refractivity contribution < 1.29 is 9.53 Å². The molecule has 2 aromatic rings. The van der Waals surface area contributed by atoms with Gasteiger partial charge in [0, 0.05) is 31.1 Å². The topological polar surface area (TPSA) is 64.4 Å². The molecule has 0 radical (unpaired) electrons. The average Bonchev–Trinajstić information content (AvgIpc) is 2.93. The Morgan fingerprint density at radius 1 is 1.24 bits per heavy atom. The number of aliphatic imine (C=N–C) groups is 1. The van der Waals surface area contributed by atoms with Gasteiger partial charge in [-0.15, -0.1) is 0 Å². The Balaban J connectivity index is 2.01. The second-order valence-corrected chi connectivity index (χ2v) is 4.97. The number of rotatable bonds is 3. The van der Waals surface area contributed by atoms with Crippen molar-refractivity contribution in [3.8, 4) is 11.1 Å². The van der Waals surface area contributed by atoms with Gasteiger partial charge in [-0.25, -0.2) is 9.97 Å². The summed E-state index contributed by atoms with van der Waals surface area (Å²) < 4.78 is 5.14. The highest BCUT2D eigenvalue weighted by atomic mass is 16.5. The van der Waals surface area contributed by atoms with Gasteiger partial charge in [0.05, 0.1) is 6.54 Å². The van der Waals surface area contributed by atoms with Crippen LogP contribution in [0.25, 0.3) is 11.1 Å². The molecule has 21 heavy (non-hydrogen) atoms. The van der Waals surface area contributed by atoms with Gasteiger partial charge in [-0.3, -0.25) is 9.79 Å². The molecule has 0 aliphatic carbocycles. The number of aryl methyl sites for hydroxylation is 1. The van der Waals surface area contributed by atoms with Crippen LogP contribution in [0.15, 0.2) is 29.5 Å². The van der Waals surface area contributed by atoms with E-state index in [2.05, 4.69) is 21.0 Å². The first-order chi connectivity index (χ1) is 10.1. The number of carbonyl (C=O) groups is 1. The molecular formula is C16H15N3O2. The molecule has 0 amide bonds. The van der Waals surface area contributed by atoms with Crippen molar-refractivity contribution in [2.75, 3.05) is 0 Å². The molecule has 0 atom stereocenters. The fraction of sp³-hybridized carbons (Fsp3) is 0.250. The largest absolute Gasteiger partial charge is 0.461 e. The summed E-state index contributed by atoms with van der Waals surface area (Å²) >= 11 is 0. The molecule has 0 fully saturated rings. The first-order valence-electron chi connectivity index (χ1n) is 6.71. The summed E-state index contributed by atoms with van der Waals surface area (Å²) in [6.07, 6.45) is 5.45. The predicted molar refractivity (Wildman–Crippen MR) is 79.0 cm³/mol. The van der Waals surface area contributed by atoms with Crippen LogP contribution >= 0.6 is 0 Å². The Morgan fingerprint density at radius 3 is 2.71 bits per heavy atom. The van der Waals surface area contributed by atoms with Gasteiger partial charge in [-0.2, -0.15) is 0 Å². The van der Waals surface area contributed by atoms with Crippen LogP contribution in [0.5, 0.6) is 0 Å². The van der Waals surface area contributed by atoms with E-state index in [1.54, 1.807) is 12.4 Å². The van der Waals surface area contributed by atoms with Crippen LogP contribution in [-0.2, 0) is 22.7 Å². The number of hydrogen-bond acceptors (Lipinski definition) is 5. The number of esters is 1. The Morgan fingerprint density at radius 2 is 2.00 bits per heavy atom. The summed E-state index contributed by atoms with van der Waals surface area (Å²) in [5, 5.41) is 0. The fourth-order valence-electron chi connectivity index (χ4n) is 2.32. The van der Waals surface area contributed by atoms with Crippen molar-refractivity contribution in [2.45, 2.75) is 27.0 Å². The summed E-state index contributed by atoms with van der Waals surface area (Å²) in [5.41, 5.74) is 5.11. The molecule has 0 bridgehead atoms. The summed E-state index contributed by atoms with van der Waals surface area (Å²) in [6, 6.07) is 4.08. The van der Waals surface area contributed by atoms with Gasteiger partial charge in [0.25, 0.3) is 0 Å². The maximum atomic E-state index is 11.0. The van der Waals surface area contributed by atoms with Crippen molar-refractivity contribution in [2.24, 2.45) is 4.99 Å². The van der Waals surface area contributed by atoms with Crippen LogP contribution in [0.1, 0.15) is 29.4 Å². The molecule has 1 aromatic heterocycles. The molecule has 1 aromatic carbocycles. The minimum atomic E-state index is -0.285. The second kappa shape index (κ2) is 5.44. The van der Waals surface area contributed by atoms with Crippen LogP contribution in [0, 0.1) is 6.92 Å². The van der Waals surface area contributed by atoms with Gasteiger partial charge in [-0.05, 0) is 41.3 Å². The smallest absolute Gasteiger partial charge is 0.302 e. The number of benzene rings is 1. The van der Waals surface area contributed by atoms with Crippen molar-refractivity contribution in [3.05, 3.63) is 47.0 Å². The zero-order valence-corrected chi connectivity index (χ0v) is 12.0. The van der Waals surface area contributed by atoms with Gasteiger partial charge in [0.1, 0.15) is 12.4 Å². The summed E-state index contributed by atoms with van der Waals surface area (Å²) in [5.74, 6) is 0.452. The highest BCUT2D eigenvalue weighted by Crippen LogP contribution is 2.28. The minimum Gasteiger partial charge on any atom is -0.461 e. The second-order valence-electron chi connectivity index (χ2n) is 4.97. The van der Waals surface area contributed by atoms with E-state index < -0.39 is 0 Å². The third-order valence-corrected chi connectivity index (χ3v) is 3.40. The summed E-state index contributed by atoms with van der Waals surface area (Å²) in [7, 11) is 0. The van der Waals surface area contributed by atoms with Crippen LogP contribution < -0.4 is 0 Å². The first-order valence-corrected chi connectivity index (χ1v) is 6.71.